The van der Waals surface area contributed by atoms with Crippen LogP contribution in [0.5, 0.6) is 5.75 Å². The van der Waals surface area contributed by atoms with Gasteiger partial charge in [0.2, 0.25) is 5.91 Å². The first kappa shape index (κ1) is 16.4. The van der Waals surface area contributed by atoms with Gasteiger partial charge in [0.15, 0.2) is 0 Å². The molecule has 0 saturated carbocycles. The third kappa shape index (κ3) is 4.51. The fourth-order valence-electron chi connectivity index (χ4n) is 2.12. The molecule has 25 heavy (non-hydrogen) atoms. The van der Waals surface area contributed by atoms with Crippen LogP contribution in [0.15, 0.2) is 61.1 Å². The lowest BCUT2D eigenvalue weighted by Crippen LogP contribution is -2.20. The Kier molecular flexibility index (Phi) is 5.16. The Balaban J connectivity index is 1.53. The lowest BCUT2D eigenvalue weighted by atomic mass is 10.2. The summed E-state index contributed by atoms with van der Waals surface area (Å²) in [6.45, 7) is 0.298. The van der Waals surface area contributed by atoms with Gasteiger partial charge in [0.1, 0.15) is 11.4 Å². The summed E-state index contributed by atoms with van der Waals surface area (Å²) >= 11 is 0. The van der Waals surface area contributed by atoms with Crippen LogP contribution < -0.4 is 10.1 Å². The van der Waals surface area contributed by atoms with Gasteiger partial charge in [0.25, 0.3) is 0 Å². The van der Waals surface area contributed by atoms with Crippen LogP contribution in [0.25, 0.3) is 11.8 Å². The number of benzene rings is 1. The minimum absolute atomic E-state index is 0.202. The van der Waals surface area contributed by atoms with Crippen molar-refractivity contribution in [1.29, 1.82) is 0 Å². The number of aromatic nitrogens is 4. The van der Waals surface area contributed by atoms with Crippen molar-refractivity contribution in [3.63, 3.8) is 0 Å². The zero-order valence-corrected chi connectivity index (χ0v) is 13.7. The predicted molar refractivity (Wildman–Crippen MR) is 93.0 cm³/mol. The molecule has 0 atom stereocenters. The molecule has 2 aromatic heterocycles. The van der Waals surface area contributed by atoms with Crippen molar-refractivity contribution in [1.82, 2.24) is 25.3 Å². The van der Waals surface area contributed by atoms with E-state index in [0.29, 0.717) is 12.2 Å². The number of hydrogen-bond donors (Lipinski definition) is 1. The fourth-order valence-corrected chi connectivity index (χ4v) is 2.12. The maximum Gasteiger partial charge on any atom is 0.244 e. The quantitative estimate of drug-likeness (QED) is 0.697. The maximum absolute atomic E-state index is 11.9. The molecule has 126 valence electrons. The van der Waals surface area contributed by atoms with Gasteiger partial charge in [-0.2, -0.15) is 0 Å². The normalized spacial score (nSPS) is 10.8. The number of carbonyl (C=O) groups excluding carboxylic acids is 1. The van der Waals surface area contributed by atoms with E-state index in [9.17, 15) is 4.79 Å². The van der Waals surface area contributed by atoms with E-state index in [0.717, 1.165) is 17.0 Å². The molecule has 0 aliphatic heterocycles. The first-order valence-electron chi connectivity index (χ1n) is 7.66. The Hall–Kier alpha value is -3.48. The van der Waals surface area contributed by atoms with Gasteiger partial charge in [-0.3, -0.25) is 9.78 Å². The largest absolute Gasteiger partial charge is 0.497 e. The summed E-state index contributed by atoms with van der Waals surface area (Å²) in [4.78, 5) is 15.9. The van der Waals surface area contributed by atoms with Crippen LogP contribution >= 0.6 is 0 Å². The number of ether oxygens (including phenoxy) is 1. The summed E-state index contributed by atoms with van der Waals surface area (Å²) in [6, 6.07) is 11.1. The Morgan fingerprint density at radius 3 is 2.84 bits per heavy atom. The van der Waals surface area contributed by atoms with E-state index in [2.05, 4.69) is 20.6 Å². The second-order valence-electron chi connectivity index (χ2n) is 5.19. The van der Waals surface area contributed by atoms with Crippen molar-refractivity contribution < 1.29 is 9.53 Å². The molecule has 1 amide bonds. The molecule has 3 aromatic rings. The van der Waals surface area contributed by atoms with Crippen LogP contribution in [0, 0.1) is 0 Å². The SMILES string of the molecule is COc1ccc(/C=C/C(=O)NCc2cn(-c3cccnc3)nn2)cc1. The zero-order valence-electron chi connectivity index (χ0n) is 13.7. The molecule has 0 aliphatic rings. The van der Waals surface area contributed by atoms with Crippen molar-refractivity contribution in [2.75, 3.05) is 7.11 Å². The minimum Gasteiger partial charge on any atom is -0.497 e. The Morgan fingerprint density at radius 2 is 2.12 bits per heavy atom. The summed E-state index contributed by atoms with van der Waals surface area (Å²) in [5.41, 5.74) is 2.39. The molecule has 0 spiro atoms. The number of pyridine rings is 1. The molecule has 7 nitrogen and oxygen atoms in total. The molecule has 0 bridgehead atoms. The van der Waals surface area contributed by atoms with Crippen molar-refractivity contribution in [3.05, 3.63) is 72.3 Å². The van der Waals surface area contributed by atoms with Crippen LogP contribution in [0.4, 0.5) is 0 Å². The summed E-state index contributed by atoms with van der Waals surface area (Å²) in [6.07, 6.45) is 8.35. The summed E-state index contributed by atoms with van der Waals surface area (Å²) in [5.74, 6) is 0.574. The Morgan fingerprint density at radius 1 is 1.28 bits per heavy atom. The van der Waals surface area contributed by atoms with E-state index in [1.54, 1.807) is 36.5 Å². The highest BCUT2D eigenvalue weighted by molar-refractivity contribution is 5.91. The zero-order chi connectivity index (χ0) is 17.5. The number of hydrogen-bond acceptors (Lipinski definition) is 5. The van der Waals surface area contributed by atoms with E-state index >= 15 is 0 Å². The number of nitrogens with zero attached hydrogens (tertiary/aromatic N) is 4. The average Bonchev–Trinajstić information content (AvgIpc) is 3.15. The van der Waals surface area contributed by atoms with Crippen molar-refractivity contribution in [3.8, 4) is 11.4 Å². The highest BCUT2D eigenvalue weighted by atomic mass is 16.5. The average molecular weight is 335 g/mol. The number of methoxy groups -OCH3 is 1. The standard InChI is InChI=1S/C18H17N5O2/c1-25-17-7-4-14(5-8-17)6-9-18(24)20-11-15-13-23(22-21-15)16-3-2-10-19-12-16/h2-10,12-13H,11H2,1H3,(H,20,24)/b9-6+. The number of amides is 1. The van der Waals surface area contributed by atoms with Gasteiger partial charge in [-0.05, 0) is 35.9 Å². The third-order valence-corrected chi connectivity index (χ3v) is 3.44. The molecule has 2 heterocycles. The van der Waals surface area contributed by atoms with Crippen LogP contribution in [0.1, 0.15) is 11.3 Å². The van der Waals surface area contributed by atoms with E-state index in [4.69, 9.17) is 4.74 Å². The molecule has 7 heteroatoms. The van der Waals surface area contributed by atoms with Crippen LogP contribution in [0.2, 0.25) is 0 Å². The van der Waals surface area contributed by atoms with Gasteiger partial charge in [-0.25, -0.2) is 4.68 Å². The Bertz CT molecular complexity index is 857. The topological polar surface area (TPSA) is 81.9 Å². The first-order chi connectivity index (χ1) is 12.2. The second kappa shape index (κ2) is 7.87. The van der Waals surface area contributed by atoms with Gasteiger partial charge < -0.3 is 10.1 Å². The van der Waals surface area contributed by atoms with E-state index in [-0.39, 0.29) is 5.91 Å². The molecule has 3 rings (SSSR count). The van der Waals surface area contributed by atoms with Gasteiger partial charge >= 0.3 is 0 Å². The predicted octanol–water partition coefficient (Wildman–Crippen LogP) is 2.00. The van der Waals surface area contributed by atoms with Crippen molar-refractivity contribution >= 4 is 12.0 Å². The lowest BCUT2D eigenvalue weighted by Gasteiger charge is -2.00. The number of rotatable bonds is 6. The highest BCUT2D eigenvalue weighted by Gasteiger charge is 2.04. The molecule has 0 saturated heterocycles. The number of carbonyl (C=O) groups is 1. The smallest absolute Gasteiger partial charge is 0.244 e. The molecule has 1 N–H and O–H groups in total. The maximum atomic E-state index is 11.9. The van der Waals surface area contributed by atoms with Gasteiger partial charge in [-0.1, -0.05) is 17.3 Å². The molecule has 0 radical (unpaired) electrons. The molecular weight excluding hydrogens is 318 g/mol. The van der Waals surface area contributed by atoms with Crippen LogP contribution in [0.3, 0.4) is 0 Å². The van der Waals surface area contributed by atoms with Crippen LogP contribution in [-0.4, -0.2) is 33.0 Å². The third-order valence-electron chi connectivity index (χ3n) is 3.44. The van der Waals surface area contributed by atoms with E-state index in [1.165, 1.54) is 6.08 Å². The summed E-state index contributed by atoms with van der Waals surface area (Å²) in [5, 5.41) is 10.8. The summed E-state index contributed by atoms with van der Waals surface area (Å²) < 4.78 is 6.71. The molecule has 0 aliphatic carbocycles. The molecular formula is C18H17N5O2. The van der Waals surface area contributed by atoms with Crippen LogP contribution in [-0.2, 0) is 11.3 Å². The second-order valence-corrected chi connectivity index (χ2v) is 5.19. The van der Waals surface area contributed by atoms with Gasteiger partial charge in [-0.15, -0.1) is 5.10 Å². The monoisotopic (exact) mass is 335 g/mol. The van der Waals surface area contributed by atoms with Crippen molar-refractivity contribution in [2.45, 2.75) is 6.54 Å². The Labute approximate surface area is 145 Å². The highest BCUT2D eigenvalue weighted by Crippen LogP contribution is 2.12. The fraction of sp³-hybridized carbons (Fsp3) is 0.111. The van der Waals surface area contributed by atoms with Gasteiger partial charge in [0, 0.05) is 12.3 Å². The molecule has 1 aromatic carbocycles. The lowest BCUT2D eigenvalue weighted by molar-refractivity contribution is -0.116. The molecule has 0 fully saturated rings. The van der Waals surface area contributed by atoms with E-state index in [1.807, 2.05) is 36.4 Å². The van der Waals surface area contributed by atoms with Crippen molar-refractivity contribution in [2.24, 2.45) is 0 Å². The minimum atomic E-state index is -0.202. The first-order valence-corrected chi connectivity index (χ1v) is 7.66. The number of nitrogens with one attached hydrogen (secondary N) is 1. The summed E-state index contributed by atoms with van der Waals surface area (Å²) in [7, 11) is 1.61. The molecule has 0 unspecified atom stereocenters. The van der Waals surface area contributed by atoms with E-state index < -0.39 is 0 Å². The van der Waals surface area contributed by atoms with Gasteiger partial charge in [0.05, 0.1) is 31.7 Å².